The molecule has 2 atom stereocenters. The average molecular weight is 372 g/mol. The molecule has 0 radical (unpaired) electrons. The minimum atomic E-state index is -0.525. The summed E-state index contributed by atoms with van der Waals surface area (Å²) < 4.78 is 19.9. The summed E-state index contributed by atoms with van der Waals surface area (Å²) >= 11 is 0. The van der Waals surface area contributed by atoms with Crippen LogP contribution in [0.1, 0.15) is 25.0 Å². The molecule has 1 N–H and O–H groups in total. The number of hydrogen-bond acceptors (Lipinski definition) is 4. The number of hydrogen-bond donors (Lipinski definition) is 1. The van der Waals surface area contributed by atoms with Crippen molar-refractivity contribution in [3.8, 4) is 0 Å². The zero-order chi connectivity index (χ0) is 19.1. The Morgan fingerprint density at radius 3 is 2.33 bits per heavy atom. The fourth-order valence-corrected chi connectivity index (χ4v) is 3.57. The number of para-hydroxylation sites is 1. The molecule has 0 bridgehead atoms. The number of aliphatic hydroxyl groups excluding tert-OH is 1. The predicted molar refractivity (Wildman–Crippen MR) is 106 cm³/mol. The third-order valence-electron chi connectivity index (χ3n) is 5.07. The van der Waals surface area contributed by atoms with Gasteiger partial charge in [0.1, 0.15) is 5.82 Å². The summed E-state index contributed by atoms with van der Waals surface area (Å²) in [5.41, 5.74) is 1.81. The molecule has 1 aliphatic heterocycles. The Bertz CT molecular complexity index is 690. The van der Waals surface area contributed by atoms with Gasteiger partial charge in [0.15, 0.2) is 0 Å². The van der Waals surface area contributed by atoms with Crippen molar-refractivity contribution >= 4 is 5.69 Å². The quantitative estimate of drug-likeness (QED) is 0.770. The van der Waals surface area contributed by atoms with Crippen molar-refractivity contribution in [2.24, 2.45) is 0 Å². The molecule has 4 nitrogen and oxygen atoms in total. The third-order valence-corrected chi connectivity index (χ3v) is 5.07. The number of piperazine rings is 1. The second kappa shape index (κ2) is 9.83. The molecule has 0 aromatic heterocycles. The molecule has 0 amide bonds. The summed E-state index contributed by atoms with van der Waals surface area (Å²) in [6.45, 7) is 6.12. The van der Waals surface area contributed by atoms with Crippen molar-refractivity contribution in [2.45, 2.75) is 25.6 Å². The molecule has 27 heavy (non-hydrogen) atoms. The van der Waals surface area contributed by atoms with E-state index in [1.54, 1.807) is 6.07 Å². The van der Waals surface area contributed by atoms with E-state index in [0.717, 1.165) is 38.2 Å². The number of β-amino-alcohol motifs (C(OH)–C–C–N with tert-alkyl or cyclic N) is 1. The fourth-order valence-electron chi connectivity index (χ4n) is 3.57. The van der Waals surface area contributed by atoms with Crippen LogP contribution in [-0.4, -0.2) is 55.4 Å². The minimum absolute atomic E-state index is 0.0127. The first-order valence-electron chi connectivity index (χ1n) is 9.73. The van der Waals surface area contributed by atoms with Gasteiger partial charge in [-0.3, -0.25) is 4.90 Å². The van der Waals surface area contributed by atoms with Crippen LogP contribution in [0.3, 0.4) is 0 Å². The van der Waals surface area contributed by atoms with E-state index in [9.17, 15) is 9.50 Å². The Hall–Kier alpha value is -1.95. The highest BCUT2D eigenvalue weighted by Gasteiger charge is 2.21. The Kier molecular flexibility index (Phi) is 7.21. The van der Waals surface area contributed by atoms with Gasteiger partial charge in [0.05, 0.1) is 24.5 Å². The molecule has 3 rings (SSSR count). The van der Waals surface area contributed by atoms with Crippen LogP contribution < -0.4 is 4.90 Å². The molecule has 146 valence electrons. The molecular weight excluding hydrogens is 343 g/mol. The van der Waals surface area contributed by atoms with Crippen LogP contribution in [0.4, 0.5) is 10.1 Å². The van der Waals surface area contributed by atoms with Crippen LogP contribution in [0.2, 0.25) is 0 Å². The molecule has 2 aromatic rings. The molecule has 5 heteroatoms. The van der Waals surface area contributed by atoms with E-state index in [1.807, 2.05) is 30.3 Å². The monoisotopic (exact) mass is 372 g/mol. The molecule has 0 saturated carbocycles. The zero-order valence-corrected chi connectivity index (χ0v) is 15.9. The lowest BCUT2D eigenvalue weighted by molar-refractivity contribution is -0.0240. The lowest BCUT2D eigenvalue weighted by atomic mass is 10.1. The maximum absolute atomic E-state index is 13.9. The highest BCUT2D eigenvalue weighted by molar-refractivity contribution is 5.47. The molecule has 0 aliphatic carbocycles. The first-order valence-corrected chi connectivity index (χ1v) is 9.73. The van der Waals surface area contributed by atoms with Crippen molar-refractivity contribution < 1.29 is 14.2 Å². The van der Waals surface area contributed by atoms with E-state index in [1.165, 1.54) is 6.07 Å². The van der Waals surface area contributed by atoms with Crippen LogP contribution in [0.15, 0.2) is 54.6 Å². The van der Waals surface area contributed by atoms with E-state index in [0.29, 0.717) is 18.8 Å². The van der Waals surface area contributed by atoms with Crippen molar-refractivity contribution in [2.75, 3.05) is 44.2 Å². The molecule has 1 aliphatic rings. The third kappa shape index (κ3) is 5.51. The average Bonchev–Trinajstić information content (AvgIpc) is 2.70. The van der Waals surface area contributed by atoms with E-state index in [2.05, 4.69) is 28.9 Å². The van der Waals surface area contributed by atoms with Crippen LogP contribution >= 0.6 is 0 Å². The largest absolute Gasteiger partial charge is 0.389 e. The van der Waals surface area contributed by atoms with E-state index < -0.39 is 6.10 Å². The van der Waals surface area contributed by atoms with Crippen LogP contribution in [-0.2, 0) is 4.74 Å². The maximum Gasteiger partial charge on any atom is 0.146 e. The molecule has 1 fully saturated rings. The van der Waals surface area contributed by atoms with E-state index in [-0.39, 0.29) is 11.9 Å². The number of benzene rings is 2. The lowest BCUT2D eigenvalue weighted by Crippen LogP contribution is -2.49. The Labute approximate surface area is 161 Å². The van der Waals surface area contributed by atoms with Gasteiger partial charge in [0.25, 0.3) is 0 Å². The Morgan fingerprint density at radius 1 is 1.00 bits per heavy atom. The predicted octanol–water partition coefficient (Wildman–Crippen LogP) is 3.48. The number of nitrogens with zero attached hydrogens (tertiary/aromatic N) is 2. The number of ether oxygens (including phenoxy) is 1. The van der Waals surface area contributed by atoms with Crippen LogP contribution in [0.5, 0.6) is 0 Å². The first-order chi connectivity index (χ1) is 13.2. The maximum atomic E-state index is 13.9. The van der Waals surface area contributed by atoms with Crippen molar-refractivity contribution in [1.29, 1.82) is 0 Å². The van der Waals surface area contributed by atoms with Gasteiger partial charge in [-0.05, 0) is 24.1 Å². The number of rotatable bonds is 8. The topological polar surface area (TPSA) is 35.9 Å². The second-order valence-corrected chi connectivity index (χ2v) is 7.03. The second-order valence-electron chi connectivity index (χ2n) is 7.03. The fraction of sp³-hybridized carbons (Fsp3) is 0.455. The van der Waals surface area contributed by atoms with Crippen LogP contribution in [0, 0.1) is 5.82 Å². The van der Waals surface area contributed by atoms with Gasteiger partial charge in [0, 0.05) is 32.7 Å². The van der Waals surface area contributed by atoms with Crippen molar-refractivity contribution in [3.05, 3.63) is 66.0 Å². The number of anilines is 1. The lowest BCUT2D eigenvalue weighted by Gasteiger charge is -2.37. The molecular formula is C22H29FN2O2. The highest BCUT2D eigenvalue weighted by Crippen LogP contribution is 2.22. The summed E-state index contributed by atoms with van der Waals surface area (Å²) in [4.78, 5) is 4.28. The molecule has 1 heterocycles. The minimum Gasteiger partial charge on any atom is -0.389 e. The summed E-state index contributed by atoms with van der Waals surface area (Å²) in [7, 11) is 0. The van der Waals surface area contributed by atoms with Gasteiger partial charge in [-0.25, -0.2) is 4.39 Å². The normalized spacial score (nSPS) is 17.7. The summed E-state index contributed by atoms with van der Waals surface area (Å²) in [5, 5.41) is 10.4. The van der Waals surface area contributed by atoms with E-state index in [4.69, 9.17) is 4.74 Å². The van der Waals surface area contributed by atoms with Crippen LogP contribution in [0.25, 0.3) is 0 Å². The van der Waals surface area contributed by atoms with Gasteiger partial charge in [-0.2, -0.15) is 0 Å². The Balaban J connectivity index is 1.43. The molecule has 1 saturated heterocycles. The summed E-state index contributed by atoms with van der Waals surface area (Å²) in [5.74, 6) is -0.175. The van der Waals surface area contributed by atoms with Gasteiger partial charge < -0.3 is 14.7 Å². The summed E-state index contributed by atoms with van der Waals surface area (Å²) in [6, 6.07) is 17.0. The number of halogens is 1. The van der Waals surface area contributed by atoms with Gasteiger partial charge >= 0.3 is 0 Å². The smallest absolute Gasteiger partial charge is 0.146 e. The molecule has 0 spiro atoms. The standard InChI is InChI=1S/C22H29FN2O2/c1-2-22(18-8-4-3-5-9-18)27-17-19(26)16-24-12-14-25(15-13-24)21-11-7-6-10-20(21)23/h3-11,19,22,26H,2,12-17H2,1H3/t19-,22-/m1/s1. The SMILES string of the molecule is CC[C@@H](OC[C@H](O)CN1CCN(c2ccccc2F)CC1)c1ccccc1. The summed E-state index contributed by atoms with van der Waals surface area (Å²) in [6.07, 6.45) is 0.361. The van der Waals surface area contributed by atoms with Gasteiger partial charge in [-0.15, -0.1) is 0 Å². The highest BCUT2D eigenvalue weighted by atomic mass is 19.1. The van der Waals surface area contributed by atoms with Gasteiger partial charge in [0.2, 0.25) is 0 Å². The van der Waals surface area contributed by atoms with E-state index >= 15 is 0 Å². The Morgan fingerprint density at radius 2 is 1.67 bits per heavy atom. The molecule has 0 unspecified atom stereocenters. The van der Waals surface area contributed by atoms with Gasteiger partial charge in [-0.1, -0.05) is 49.4 Å². The zero-order valence-electron chi connectivity index (χ0n) is 15.9. The number of aliphatic hydroxyl groups is 1. The van der Waals surface area contributed by atoms with Crippen molar-refractivity contribution in [3.63, 3.8) is 0 Å². The van der Waals surface area contributed by atoms with Crippen molar-refractivity contribution in [1.82, 2.24) is 4.90 Å². The first kappa shape index (κ1) is 19.8. The molecule has 2 aromatic carbocycles.